The number of rotatable bonds is 7. The smallest absolute Gasteiger partial charge is 0.255 e. The fraction of sp³-hybridized carbons (Fsp3) is 0.320. The van der Waals surface area contributed by atoms with Gasteiger partial charge in [-0.3, -0.25) is 14.7 Å². The molecule has 1 saturated heterocycles. The predicted octanol–water partition coefficient (Wildman–Crippen LogP) is 4.30. The second kappa shape index (κ2) is 10.7. The Balaban J connectivity index is 1.39. The minimum absolute atomic E-state index is 0.0402. The molecule has 0 bridgehead atoms. The van der Waals surface area contributed by atoms with E-state index < -0.39 is 0 Å². The van der Waals surface area contributed by atoms with Crippen LogP contribution in [-0.2, 0) is 6.54 Å². The van der Waals surface area contributed by atoms with Gasteiger partial charge in [-0.05, 0) is 49.4 Å². The van der Waals surface area contributed by atoms with Crippen LogP contribution in [-0.4, -0.2) is 58.9 Å². The summed E-state index contributed by atoms with van der Waals surface area (Å²) in [6, 6.07) is 15.6. The van der Waals surface area contributed by atoms with Crippen molar-refractivity contribution in [3.63, 3.8) is 0 Å². The number of benzene rings is 2. The Hall–Kier alpha value is -3.00. The summed E-state index contributed by atoms with van der Waals surface area (Å²) in [4.78, 5) is 26.0. The van der Waals surface area contributed by atoms with Crippen LogP contribution in [0.15, 0.2) is 60.9 Å². The van der Waals surface area contributed by atoms with E-state index in [9.17, 15) is 4.79 Å². The average Bonchev–Trinajstić information content (AvgIpc) is 2.81. The molecule has 3 aromatic rings. The third-order valence-electron chi connectivity index (χ3n) is 5.81. The molecule has 1 fully saturated rings. The van der Waals surface area contributed by atoms with Gasteiger partial charge in [-0.1, -0.05) is 35.9 Å². The van der Waals surface area contributed by atoms with Crippen molar-refractivity contribution in [3.05, 3.63) is 82.8 Å². The van der Waals surface area contributed by atoms with Crippen LogP contribution in [0, 0.1) is 0 Å². The summed E-state index contributed by atoms with van der Waals surface area (Å²) in [5.74, 6) is 0.482. The van der Waals surface area contributed by atoms with E-state index in [0.717, 1.165) is 49.5 Å². The normalized spacial score (nSPS) is 15.7. The Morgan fingerprint density at radius 2 is 1.88 bits per heavy atom. The Labute approximate surface area is 199 Å². The lowest BCUT2D eigenvalue weighted by Crippen LogP contribution is -2.43. The van der Waals surface area contributed by atoms with E-state index in [1.54, 1.807) is 6.20 Å². The van der Waals surface area contributed by atoms with Gasteiger partial charge in [-0.15, -0.1) is 0 Å². The second-order valence-electron chi connectivity index (χ2n) is 8.45. The molecule has 2 N–H and O–H groups in total. The number of carbonyl (C=O) groups is 1. The standard InChI is InChI=1S/C25H29ClN6O/c1-18(28-24-16-27-15-23(26)30-24)20-6-4-8-22(14-20)29-25(33)21-7-3-5-19(13-21)17-32-11-9-31(2)10-12-32/h3-8,13-16,18H,9-12,17H2,1-2H3,(H,28,30)(H,29,33)/t18-/m0/s1. The summed E-state index contributed by atoms with van der Waals surface area (Å²) >= 11 is 5.92. The topological polar surface area (TPSA) is 73.4 Å². The van der Waals surface area contributed by atoms with Crippen LogP contribution in [0.4, 0.5) is 11.5 Å². The van der Waals surface area contributed by atoms with Crippen molar-refractivity contribution < 1.29 is 4.79 Å². The molecule has 2 heterocycles. The van der Waals surface area contributed by atoms with Crippen LogP contribution in [0.25, 0.3) is 0 Å². The van der Waals surface area contributed by atoms with Crippen LogP contribution < -0.4 is 10.6 Å². The number of amides is 1. The lowest BCUT2D eigenvalue weighted by molar-refractivity contribution is 0.102. The number of hydrogen-bond donors (Lipinski definition) is 2. The molecule has 1 aromatic heterocycles. The van der Waals surface area contributed by atoms with Crippen molar-refractivity contribution in [3.8, 4) is 0 Å². The zero-order valence-corrected chi connectivity index (χ0v) is 19.7. The fourth-order valence-corrected chi connectivity index (χ4v) is 4.03. The maximum atomic E-state index is 12.9. The van der Waals surface area contributed by atoms with Gasteiger partial charge in [-0.2, -0.15) is 0 Å². The zero-order chi connectivity index (χ0) is 23.2. The van der Waals surface area contributed by atoms with Crippen molar-refractivity contribution in [1.82, 2.24) is 19.8 Å². The van der Waals surface area contributed by atoms with E-state index in [0.29, 0.717) is 16.5 Å². The highest BCUT2D eigenvalue weighted by Gasteiger charge is 2.15. The lowest BCUT2D eigenvalue weighted by atomic mass is 10.1. The first kappa shape index (κ1) is 23.2. The number of carbonyl (C=O) groups excluding carboxylic acids is 1. The van der Waals surface area contributed by atoms with Crippen molar-refractivity contribution in [1.29, 1.82) is 0 Å². The van der Waals surface area contributed by atoms with Crippen LogP contribution >= 0.6 is 11.6 Å². The van der Waals surface area contributed by atoms with Crippen molar-refractivity contribution in [2.75, 3.05) is 43.9 Å². The summed E-state index contributed by atoms with van der Waals surface area (Å²) in [6.07, 6.45) is 3.12. The van der Waals surface area contributed by atoms with Gasteiger partial charge >= 0.3 is 0 Å². The minimum atomic E-state index is -0.117. The molecule has 0 saturated carbocycles. The van der Waals surface area contributed by atoms with E-state index in [1.807, 2.05) is 49.4 Å². The van der Waals surface area contributed by atoms with Crippen LogP contribution in [0.3, 0.4) is 0 Å². The molecule has 7 nitrogen and oxygen atoms in total. The first-order valence-corrected chi connectivity index (χ1v) is 11.5. The number of nitrogens with one attached hydrogen (secondary N) is 2. The summed E-state index contributed by atoms with van der Waals surface area (Å²) in [7, 11) is 2.15. The second-order valence-corrected chi connectivity index (χ2v) is 8.84. The highest BCUT2D eigenvalue weighted by Crippen LogP contribution is 2.22. The Morgan fingerprint density at radius 3 is 2.67 bits per heavy atom. The summed E-state index contributed by atoms with van der Waals surface area (Å²) in [5.41, 5.74) is 3.57. The number of halogens is 1. The summed E-state index contributed by atoms with van der Waals surface area (Å²) in [5, 5.41) is 6.64. The number of piperazine rings is 1. The van der Waals surface area contributed by atoms with E-state index in [1.165, 1.54) is 6.20 Å². The SMILES string of the molecule is C[C@H](Nc1cncc(Cl)n1)c1cccc(NC(=O)c2cccc(CN3CCN(C)CC3)c2)c1. The molecule has 0 spiro atoms. The van der Waals surface area contributed by atoms with Crippen molar-refractivity contribution >= 4 is 29.0 Å². The van der Waals surface area contributed by atoms with Crippen molar-refractivity contribution in [2.24, 2.45) is 0 Å². The Kier molecular flexibility index (Phi) is 7.54. The van der Waals surface area contributed by atoms with Gasteiger partial charge in [0.05, 0.1) is 18.4 Å². The molecular formula is C25H29ClN6O. The highest BCUT2D eigenvalue weighted by atomic mass is 35.5. The van der Waals surface area contributed by atoms with Gasteiger partial charge < -0.3 is 15.5 Å². The Morgan fingerprint density at radius 1 is 1.09 bits per heavy atom. The van der Waals surface area contributed by atoms with Crippen LogP contribution in [0.1, 0.15) is 34.5 Å². The quantitative estimate of drug-likeness (QED) is 0.543. The van der Waals surface area contributed by atoms with Crippen LogP contribution in [0.2, 0.25) is 5.15 Å². The zero-order valence-electron chi connectivity index (χ0n) is 19.0. The van der Waals surface area contributed by atoms with Gasteiger partial charge in [0.2, 0.25) is 0 Å². The van der Waals surface area contributed by atoms with Gasteiger partial charge in [-0.25, -0.2) is 4.98 Å². The van der Waals surface area contributed by atoms with E-state index >= 15 is 0 Å². The molecule has 33 heavy (non-hydrogen) atoms. The van der Waals surface area contributed by atoms with E-state index in [4.69, 9.17) is 11.6 Å². The molecule has 1 aliphatic heterocycles. The molecule has 1 amide bonds. The molecule has 4 rings (SSSR count). The molecule has 8 heteroatoms. The molecule has 0 radical (unpaired) electrons. The van der Waals surface area contributed by atoms with E-state index in [-0.39, 0.29) is 11.9 Å². The number of anilines is 2. The molecule has 2 aromatic carbocycles. The predicted molar refractivity (Wildman–Crippen MR) is 133 cm³/mol. The molecule has 172 valence electrons. The average molecular weight is 465 g/mol. The number of hydrogen-bond acceptors (Lipinski definition) is 6. The molecule has 1 aliphatic rings. The van der Waals surface area contributed by atoms with Crippen molar-refractivity contribution in [2.45, 2.75) is 19.5 Å². The van der Waals surface area contributed by atoms with Crippen LogP contribution in [0.5, 0.6) is 0 Å². The third-order valence-corrected chi connectivity index (χ3v) is 5.99. The maximum absolute atomic E-state index is 12.9. The number of likely N-dealkylation sites (N-methyl/N-ethyl adjacent to an activating group) is 1. The molecule has 1 atom stereocenters. The van der Waals surface area contributed by atoms with Gasteiger partial charge in [0, 0.05) is 44.0 Å². The molecule has 0 unspecified atom stereocenters. The Bertz CT molecular complexity index is 1100. The minimum Gasteiger partial charge on any atom is -0.362 e. The summed E-state index contributed by atoms with van der Waals surface area (Å²) < 4.78 is 0. The third kappa shape index (κ3) is 6.51. The van der Waals surface area contributed by atoms with Gasteiger partial charge in [0.1, 0.15) is 11.0 Å². The first-order valence-electron chi connectivity index (χ1n) is 11.1. The number of nitrogens with zero attached hydrogens (tertiary/aromatic N) is 4. The number of aromatic nitrogens is 2. The largest absolute Gasteiger partial charge is 0.362 e. The van der Waals surface area contributed by atoms with Gasteiger partial charge in [0.25, 0.3) is 5.91 Å². The fourth-order valence-electron chi connectivity index (χ4n) is 3.88. The first-order chi connectivity index (χ1) is 16.0. The summed E-state index contributed by atoms with van der Waals surface area (Å²) in [6.45, 7) is 7.13. The monoisotopic (exact) mass is 464 g/mol. The molecular weight excluding hydrogens is 436 g/mol. The highest BCUT2D eigenvalue weighted by molar-refractivity contribution is 6.29. The van der Waals surface area contributed by atoms with Gasteiger partial charge in [0.15, 0.2) is 0 Å². The van der Waals surface area contributed by atoms with E-state index in [2.05, 4.69) is 43.5 Å². The lowest BCUT2D eigenvalue weighted by Gasteiger charge is -2.32. The molecule has 0 aliphatic carbocycles. The maximum Gasteiger partial charge on any atom is 0.255 e.